The molecule has 1 aliphatic rings. The maximum atomic E-state index is 15.0. The molecule has 1 aromatic heterocycles. The maximum Gasteiger partial charge on any atom is 0.254 e. The lowest BCUT2D eigenvalue weighted by molar-refractivity contribution is -0.112. The van der Waals surface area contributed by atoms with Gasteiger partial charge >= 0.3 is 0 Å². The zero-order chi connectivity index (χ0) is 17.6. The highest BCUT2D eigenvalue weighted by atomic mass is 19.1. The number of carbonyl (C=O) groups is 1. The Labute approximate surface area is 143 Å². The molecule has 1 heterocycles. The quantitative estimate of drug-likeness (QED) is 0.499. The highest BCUT2D eigenvalue weighted by Gasteiger charge is 2.29. The van der Waals surface area contributed by atoms with Gasteiger partial charge in [0.15, 0.2) is 11.6 Å². The van der Waals surface area contributed by atoms with Crippen molar-refractivity contribution in [2.75, 3.05) is 5.73 Å². The van der Waals surface area contributed by atoms with Crippen LogP contribution in [0.2, 0.25) is 0 Å². The first-order chi connectivity index (χ1) is 12.0. The molecule has 2 aromatic carbocycles. The van der Waals surface area contributed by atoms with Crippen molar-refractivity contribution in [3.05, 3.63) is 65.2 Å². The van der Waals surface area contributed by atoms with Gasteiger partial charge < -0.3 is 15.5 Å². The number of nitrogen functional groups attached to an aromatic ring is 1. The van der Waals surface area contributed by atoms with Crippen LogP contribution < -0.4 is 16.5 Å². The fraction of sp³-hybridized carbons (Fsp3) is 0.158. The van der Waals surface area contributed by atoms with E-state index in [4.69, 9.17) is 15.6 Å². The second kappa shape index (κ2) is 5.73. The van der Waals surface area contributed by atoms with Crippen LogP contribution in [0.15, 0.2) is 46.9 Å². The van der Waals surface area contributed by atoms with Crippen LogP contribution in [0.4, 0.5) is 10.1 Å². The second-order valence-electron chi connectivity index (χ2n) is 6.20. The van der Waals surface area contributed by atoms with Crippen LogP contribution in [0, 0.1) is 5.82 Å². The first-order valence-electron chi connectivity index (χ1n) is 8.05. The number of nitrogens with two attached hydrogens (primary N) is 2. The number of furan rings is 1. The normalized spacial score (nSPS) is 13.8. The first kappa shape index (κ1) is 15.4. The largest absolute Gasteiger partial charge is 0.450 e. The molecule has 1 saturated carbocycles. The molecule has 126 valence electrons. The Morgan fingerprint density at radius 3 is 2.72 bits per heavy atom. The van der Waals surface area contributed by atoms with Crippen LogP contribution in [-0.2, 0) is 0 Å². The molecule has 4 rings (SSSR count). The summed E-state index contributed by atoms with van der Waals surface area (Å²) in [5, 5.41) is 9.75. The molecule has 5 N–H and O–H groups in total. The molecular formula is C19H17FN3O2+. The average Bonchev–Trinajstić information content (AvgIpc) is 3.29. The molecule has 1 fully saturated rings. The lowest BCUT2D eigenvalue weighted by atomic mass is 10.0. The molecular weight excluding hydrogens is 321 g/mol. The van der Waals surface area contributed by atoms with Gasteiger partial charge in [-0.25, -0.2) is 4.39 Å². The van der Waals surface area contributed by atoms with E-state index in [1.54, 1.807) is 12.1 Å². The molecule has 0 radical (unpaired) electrons. The summed E-state index contributed by atoms with van der Waals surface area (Å²) in [5.41, 5.74) is 6.69. The summed E-state index contributed by atoms with van der Waals surface area (Å²) < 4.78 is 20.6. The summed E-state index contributed by atoms with van der Waals surface area (Å²) in [6.07, 6.45) is 1.84. The Bertz CT molecular complexity index is 972. The van der Waals surface area contributed by atoms with Gasteiger partial charge in [-0.3, -0.25) is 10.2 Å². The lowest BCUT2D eigenvalue weighted by Gasteiger charge is -2.09. The van der Waals surface area contributed by atoms with Crippen LogP contribution in [0.3, 0.4) is 0 Å². The smallest absolute Gasteiger partial charge is 0.254 e. The van der Waals surface area contributed by atoms with E-state index in [0.717, 1.165) is 18.2 Å². The number of benzene rings is 2. The maximum absolute atomic E-state index is 15.0. The molecule has 3 aromatic rings. The lowest BCUT2D eigenvalue weighted by Crippen LogP contribution is -2.42. The van der Waals surface area contributed by atoms with E-state index in [2.05, 4.69) is 5.32 Å². The van der Waals surface area contributed by atoms with E-state index in [0.29, 0.717) is 11.3 Å². The number of rotatable bonds is 4. The van der Waals surface area contributed by atoms with Crippen LogP contribution in [0.25, 0.3) is 11.0 Å². The molecule has 1 aliphatic carbocycles. The monoisotopic (exact) mass is 338 g/mol. The van der Waals surface area contributed by atoms with E-state index >= 15 is 0 Å². The van der Waals surface area contributed by atoms with Gasteiger partial charge in [-0.15, -0.1) is 0 Å². The van der Waals surface area contributed by atoms with Crippen molar-refractivity contribution in [3.8, 4) is 0 Å². The summed E-state index contributed by atoms with van der Waals surface area (Å²) in [6, 6.07) is 12.1. The van der Waals surface area contributed by atoms with Crippen LogP contribution in [0.5, 0.6) is 0 Å². The van der Waals surface area contributed by atoms with Crippen molar-refractivity contribution >= 4 is 28.3 Å². The Morgan fingerprint density at radius 2 is 2.00 bits per heavy atom. The number of carbonyl (C=O) groups excluding carboxylic acids is 1. The van der Waals surface area contributed by atoms with E-state index in [1.807, 2.05) is 18.2 Å². The molecule has 0 saturated heterocycles. The number of amides is 1. The first-order valence-corrected chi connectivity index (χ1v) is 8.05. The Morgan fingerprint density at radius 1 is 1.24 bits per heavy atom. The van der Waals surface area contributed by atoms with Crippen molar-refractivity contribution in [2.24, 2.45) is 0 Å². The molecule has 0 atom stereocenters. The van der Waals surface area contributed by atoms with E-state index in [-0.39, 0.29) is 28.6 Å². The van der Waals surface area contributed by atoms with Gasteiger partial charge in [-0.1, -0.05) is 18.2 Å². The third kappa shape index (κ3) is 2.76. The topological polar surface area (TPSA) is 93.9 Å². The molecule has 0 unspecified atom stereocenters. The van der Waals surface area contributed by atoms with E-state index in [1.165, 1.54) is 12.1 Å². The van der Waals surface area contributed by atoms with Crippen molar-refractivity contribution in [1.82, 2.24) is 5.32 Å². The van der Waals surface area contributed by atoms with Crippen LogP contribution in [-0.4, -0.2) is 17.7 Å². The highest BCUT2D eigenvalue weighted by Crippen LogP contribution is 2.26. The molecule has 0 spiro atoms. The van der Waals surface area contributed by atoms with Gasteiger partial charge in [-0.2, -0.15) is 0 Å². The van der Waals surface area contributed by atoms with E-state index < -0.39 is 11.7 Å². The fourth-order valence-electron chi connectivity index (χ4n) is 2.77. The van der Waals surface area contributed by atoms with Crippen molar-refractivity contribution in [3.63, 3.8) is 0 Å². The second-order valence-corrected chi connectivity index (χ2v) is 6.20. The van der Waals surface area contributed by atoms with Crippen LogP contribution >= 0.6 is 0 Å². The number of para-hydroxylation sites is 1. The predicted octanol–water partition coefficient (Wildman–Crippen LogP) is 1.64. The number of anilines is 1. The molecule has 0 aliphatic heterocycles. The highest BCUT2D eigenvalue weighted by molar-refractivity contribution is 6.13. The summed E-state index contributed by atoms with van der Waals surface area (Å²) in [4.78, 5) is 12.2. The van der Waals surface area contributed by atoms with Gasteiger partial charge in [-0.05, 0) is 37.1 Å². The number of hydrogen-bond acceptors (Lipinski definition) is 3. The fourth-order valence-corrected chi connectivity index (χ4v) is 2.77. The van der Waals surface area contributed by atoms with Gasteiger partial charge in [0.2, 0.25) is 0 Å². The van der Waals surface area contributed by atoms with Gasteiger partial charge in [0.1, 0.15) is 11.1 Å². The van der Waals surface area contributed by atoms with Crippen molar-refractivity contribution < 1.29 is 19.0 Å². The number of hydrogen-bond donors (Lipinski definition) is 3. The third-order valence-corrected chi connectivity index (χ3v) is 4.29. The van der Waals surface area contributed by atoms with Crippen molar-refractivity contribution in [2.45, 2.75) is 18.9 Å². The third-order valence-electron chi connectivity index (χ3n) is 4.29. The number of halogens is 1. The van der Waals surface area contributed by atoms with Crippen LogP contribution in [0.1, 0.15) is 34.5 Å². The average molecular weight is 338 g/mol. The SMILES string of the molecule is Nc1ccc(C(=O)NC2CC2)c(F)c1C(=[NH2+])c1cc2ccccc2o1. The standard InChI is InChI=1S/C19H16FN3O2/c20-17-12(19(24)23-11-5-6-11)7-8-13(21)16(17)18(22)15-9-10-3-1-2-4-14(10)25-15/h1-4,7-9,11,22H,5-6,21H2,(H,23,24)/p+1. The number of fused-ring (bicyclic) bond motifs is 1. The van der Waals surface area contributed by atoms with E-state index in [9.17, 15) is 9.18 Å². The number of nitrogens with one attached hydrogen (secondary N) is 1. The molecule has 6 heteroatoms. The summed E-state index contributed by atoms with van der Waals surface area (Å²) in [6.45, 7) is 0. The zero-order valence-electron chi connectivity index (χ0n) is 13.4. The molecule has 1 amide bonds. The van der Waals surface area contributed by atoms with Gasteiger partial charge in [0, 0.05) is 17.1 Å². The Balaban J connectivity index is 1.75. The van der Waals surface area contributed by atoms with Gasteiger partial charge in [0.05, 0.1) is 5.56 Å². The minimum atomic E-state index is -0.740. The summed E-state index contributed by atoms with van der Waals surface area (Å²) in [7, 11) is 0. The molecule has 5 nitrogen and oxygen atoms in total. The van der Waals surface area contributed by atoms with Crippen molar-refractivity contribution in [1.29, 1.82) is 0 Å². The Hall–Kier alpha value is -3.15. The minimum absolute atomic E-state index is 0.0116. The minimum Gasteiger partial charge on any atom is -0.450 e. The molecule has 0 bridgehead atoms. The zero-order valence-corrected chi connectivity index (χ0v) is 13.4. The molecule has 25 heavy (non-hydrogen) atoms. The van der Waals surface area contributed by atoms with Gasteiger partial charge in [0.25, 0.3) is 11.6 Å². The summed E-state index contributed by atoms with van der Waals surface area (Å²) >= 11 is 0. The predicted molar refractivity (Wildman–Crippen MR) is 92.7 cm³/mol. The summed E-state index contributed by atoms with van der Waals surface area (Å²) in [5.74, 6) is -0.888. The Kier molecular flexibility index (Phi) is 3.53.